The summed E-state index contributed by atoms with van der Waals surface area (Å²) in [5.41, 5.74) is -0.583. The molecule has 2 rings (SSSR count). The Hall–Kier alpha value is -1.73. The molecule has 0 aromatic carbocycles. The van der Waals surface area contributed by atoms with E-state index in [1.165, 1.54) is 12.3 Å². The molecule has 2 atom stereocenters. The first-order valence-corrected chi connectivity index (χ1v) is 7.10. The number of halogens is 1. The fraction of sp³-hybridized carbons (Fsp3) is 0.538. The van der Waals surface area contributed by atoms with E-state index in [1.807, 2.05) is 0 Å². The lowest BCUT2D eigenvalue weighted by molar-refractivity contribution is -0.385. The molecule has 0 radical (unpaired) electrons. The predicted molar refractivity (Wildman–Crippen MR) is 76.2 cm³/mol. The highest BCUT2D eigenvalue weighted by atomic mass is 35.5. The van der Waals surface area contributed by atoms with Crippen molar-refractivity contribution >= 4 is 23.2 Å². The van der Waals surface area contributed by atoms with Crippen LogP contribution in [0.3, 0.4) is 0 Å². The van der Waals surface area contributed by atoms with Crippen LogP contribution in [0.25, 0.3) is 0 Å². The van der Waals surface area contributed by atoms with Gasteiger partial charge in [0.1, 0.15) is 5.56 Å². The molecule has 0 saturated heterocycles. The highest BCUT2D eigenvalue weighted by Gasteiger charge is 2.29. The Morgan fingerprint density at radius 1 is 1.52 bits per heavy atom. The van der Waals surface area contributed by atoms with Gasteiger partial charge in [0.15, 0.2) is 0 Å². The van der Waals surface area contributed by atoms with E-state index >= 15 is 0 Å². The second-order valence-corrected chi connectivity index (χ2v) is 5.46. The van der Waals surface area contributed by atoms with Crippen LogP contribution in [0.5, 0.6) is 0 Å². The molecule has 1 amide bonds. The SMILES string of the molecule is O=C(NCC1CCCC1CO)c1ccnc(Cl)c1[N+](=O)[O-]. The lowest BCUT2D eigenvalue weighted by Crippen LogP contribution is -2.32. The molecular formula is C13H16ClN3O4. The topological polar surface area (TPSA) is 105 Å². The summed E-state index contributed by atoms with van der Waals surface area (Å²) in [7, 11) is 0. The summed E-state index contributed by atoms with van der Waals surface area (Å²) in [5, 5.41) is 22.6. The lowest BCUT2D eigenvalue weighted by atomic mass is 9.97. The molecule has 1 fully saturated rings. The average molecular weight is 314 g/mol. The molecule has 0 aliphatic heterocycles. The van der Waals surface area contributed by atoms with E-state index in [0.717, 1.165) is 19.3 Å². The van der Waals surface area contributed by atoms with Crippen molar-refractivity contribution in [1.82, 2.24) is 10.3 Å². The van der Waals surface area contributed by atoms with E-state index in [1.54, 1.807) is 0 Å². The number of aliphatic hydroxyl groups excluding tert-OH is 1. The number of nitrogens with one attached hydrogen (secondary N) is 1. The molecule has 1 aliphatic rings. The van der Waals surface area contributed by atoms with Crippen molar-refractivity contribution in [2.24, 2.45) is 11.8 Å². The molecule has 7 nitrogen and oxygen atoms in total. The smallest absolute Gasteiger partial charge is 0.319 e. The van der Waals surface area contributed by atoms with Crippen molar-refractivity contribution in [3.05, 3.63) is 33.1 Å². The second-order valence-electron chi connectivity index (χ2n) is 5.10. The number of nitro groups is 1. The number of pyridine rings is 1. The molecule has 114 valence electrons. The van der Waals surface area contributed by atoms with Crippen molar-refractivity contribution < 1.29 is 14.8 Å². The van der Waals surface area contributed by atoms with E-state index < -0.39 is 16.5 Å². The van der Waals surface area contributed by atoms with E-state index in [0.29, 0.717) is 6.54 Å². The van der Waals surface area contributed by atoms with Crippen LogP contribution in [0.15, 0.2) is 12.3 Å². The van der Waals surface area contributed by atoms with Crippen molar-refractivity contribution in [1.29, 1.82) is 0 Å². The van der Waals surface area contributed by atoms with Crippen molar-refractivity contribution in [3.63, 3.8) is 0 Å². The molecule has 1 saturated carbocycles. The van der Waals surface area contributed by atoms with Gasteiger partial charge in [-0.15, -0.1) is 0 Å². The fourth-order valence-corrected chi connectivity index (χ4v) is 2.95. The molecule has 2 N–H and O–H groups in total. The summed E-state index contributed by atoms with van der Waals surface area (Å²) in [6.07, 6.45) is 4.16. The van der Waals surface area contributed by atoms with Crippen LogP contribution in [0.1, 0.15) is 29.6 Å². The van der Waals surface area contributed by atoms with Crippen molar-refractivity contribution in [2.45, 2.75) is 19.3 Å². The van der Waals surface area contributed by atoms with Crippen LogP contribution in [0.2, 0.25) is 5.15 Å². The van der Waals surface area contributed by atoms with Gasteiger partial charge in [-0.3, -0.25) is 14.9 Å². The molecule has 0 bridgehead atoms. The number of hydrogen-bond donors (Lipinski definition) is 2. The fourth-order valence-electron chi connectivity index (χ4n) is 2.73. The van der Waals surface area contributed by atoms with Crippen LogP contribution >= 0.6 is 11.6 Å². The standard InChI is InChI=1S/C13H16ClN3O4/c14-12-11(17(20)21)10(4-5-15-12)13(19)16-6-8-2-1-3-9(8)7-18/h4-5,8-9,18H,1-3,6-7H2,(H,16,19). The van der Waals surface area contributed by atoms with E-state index in [2.05, 4.69) is 10.3 Å². The third kappa shape index (κ3) is 3.48. The highest BCUT2D eigenvalue weighted by molar-refractivity contribution is 6.32. The summed E-state index contributed by atoms with van der Waals surface area (Å²) in [6, 6.07) is 1.28. The van der Waals surface area contributed by atoms with Crippen LogP contribution < -0.4 is 5.32 Å². The Morgan fingerprint density at radius 2 is 2.24 bits per heavy atom. The normalized spacial score (nSPS) is 21.2. The molecular weight excluding hydrogens is 298 g/mol. The Balaban J connectivity index is 2.07. The molecule has 0 spiro atoms. The summed E-state index contributed by atoms with van der Waals surface area (Å²) in [5.74, 6) is -0.161. The number of carbonyl (C=O) groups is 1. The van der Waals surface area contributed by atoms with Gasteiger partial charge in [-0.2, -0.15) is 0 Å². The van der Waals surface area contributed by atoms with Gasteiger partial charge in [0.2, 0.25) is 5.15 Å². The average Bonchev–Trinajstić information content (AvgIpc) is 2.91. The monoisotopic (exact) mass is 313 g/mol. The Bertz CT molecular complexity index is 552. The number of rotatable bonds is 5. The maximum Gasteiger partial charge on any atom is 0.319 e. The third-order valence-corrected chi connectivity index (χ3v) is 4.16. The van der Waals surface area contributed by atoms with Crippen LogP contribution in [0.4, 0.5) is 5.69 Å². The number of amides is 1. The van der Waals surface area contributed by atoms with Crippen molar-refractivity contribution in [2.75, 3.05) is 13.2 Å². The maximum absolute atomic E-state index is 12.1. The molecule has 1 aliphatic carbocycles. The predicted octanol–water partition coefficient (Wildman–Crippen LogP) is 1.78. The van der Waals surface area contributed by atoms with Gasteiger partial charge in [0.25, 0.3) is 5.91 Å². The zero-order chi connectivity index (χ0) is 15.4. The van der Waals surface area contributed by atoms with Crippen molar-refractivity contribution in [3.8, 4) is 0 Å². The number of nitrogens with zero attached hydrogens (tertiary/aromatic N) is 2. The summed E-state index contributed by atoms with van der Waals surface area (Å²) < 4.78 is 0. The number of aliphatic hydroxyl groups is 1. The van der Waals surface area contributed by atoms with Gasteiger partial charge in [0, 0.05) is 19.3 Å². The highest BCUT2D eigenvalue weighted by Crippen LogP contribution is 2.31. The number of aromatic nitrogens is 1. The van der Waals surface area contributed by atoms with Crippen LogP contribution in [-0.4, -0.2) is 34.1 Å². The van der Waals surface area contributed by atoms with Gasteiger partial charge < -0.3 is 10.4 Å². The second kappa shape index (κ2) is 6.82. The first-order valence-electron chi connectivity index (χ1n) is 6.72. The Kier molecular flexibility index (Phi) is 5.08. The van der Waals surface area contributed by atoms with Crippen LogP contribution in [0, 0.1) is 22.0 Å². The maximum atomic E-state index is 12.1. The molecule has 1 aromatic heterocycles. The molecule has 1 heterocycles. The van der Waals surface area contributed by atoms with Gasteiger partial charge in [0.05, 0.1) is 4.92 Å². The minimum Gasteiger partial charge on any atom is -0.396 e. The third-order valence-electron chi connectivity index (χ3n) is 3.88. The summed E-state index contributed by atoms with van der Waals surface area (Å²) >= 11 is 5.68. The van der Waals surface area contributed by atoms with Crippen LogP contribution in [-0.2, 0) is 0 Å². The van der Waals surface area contributed by atoms with Gasteiger partial charge in [-0.1, -0.05) is 18.0 Å². The minimum atomic E-state index is -0.712. The van der Waals surface area contributed by atoms with E-state index in [9.17, 15) is 20.0 Å². The number of hydrogen-bond acceptors (Lipinski definition) is 5. The number of carbonyl (C=O) groups excluding carboxylic acids is 1. The first-order chi connectivity index (χ1) is 10.0. The van der Waals surface area contributed by atoms with E-state index in [-0.39, 0.29) is 29.2 Å². The molecule has 2 unspecified atom stereocenters. The molecule has 1 aromatic rings. The summed E-state index contributed by atoms with van der Waals surface area (Å²) in [6.45, 7) is 0.489. The molecule has 21 heavy (non-hydrogen) atoms. The molecule has 8 heteroatoms. The van der Waals surface area contributed by atoms with Gasteiger partial charge >= 0.3 is 5.69 Å². The van der Waals surface area contributed by atoms with Gasteiger partial charge in [-0.05, 0) is 30.7 Å². The van der Waals surface area contributed by atoms with E-state index in [4.69, 9.17) is 11.6 Å². The Labute approximate surface area is 126 Å². The Morgan fingerprint density at radius 3 is 2.90 bits per heavy atom. The quantitative estimate of drug-likeness (QED) is 0.489. The largest absolute Gasteiger partial charge is 0.396 e. The lowest BCUT2D eigenvalue weighted by Gasteiger charge is -2.17. The minimum absolute atomic E-state index is 0.0986. The van der Waals surface area contributed by atoms with Gasteiger partial charge in [-0.25, -0.2) is 4.98 Å². The zero-order valence-electron chi connectivity index (χ0n) is 11.3. The summed E-state index contributed by atoms with van der Waals surface area (Å²) in [4.78, 5) is 26.0. The first kappa shape index (κ1) is 15.7. The zero-order valence-corrected chi connectivity index (χ0v) is 12.0.